The second-order valence-electron chi connectivity index (χ2n) is 3.97. The molecule has 98 valence electrons. The van der Waals surface area contributed by atoms with Crippen LogP contribution in [0.25, 0.3) is 0 Å². The minimum atomic E-state index is -0.546. The number of esters is 1. The van der Waals surface area contributed by atoms with E-state index in [2.05, 4.69) is 0 Å². The maximum atomic E-state index is 11.8. The fourth-order valence-corrected chi connectivity index (χ4v) is 1.53. The van der Waals surface area contributed by atoms with E-state index in [-0.39, 0.29) is 0 Å². The minimum absolute atomic E-state index is 0.310. The number of hydrogen-bond acceptors (Lipinski definition) is 4. The third kappa shape index (κ3) is 3.00. The summed E-state index contributed by atoms with van der Waals surface area (Å²) in [5.41, 5.74) is 6.25. The molecule has 2 rings (SSSR count). The van der Waals surface area contributed by atoms with Crippen LogP contribution in [-0.4, -0.2) is 11.9 Å². The van der Waals surface area contributed by atoms with E-state index in [9.17, 15) is 9.59 Å². The lowest BCUT2D eigenvalue weighted by molar-refractivity contribution is 0.0734. The average molecular weight is 266 g/mol. The van der Waals surface area contributed by atoms with Gasteiger partial charge in [-0.2, -0.15) is 5.26 Å². The summed E-state index contributed by atoms with van der Waals surface area (Å²) in [6.07, 6.45) is 0. The Morgan fingerprint density at radius 2 is 1.50 bits per heavy atom. The zero-order valence-electron chi connectivity index (χ0n) is 10.4. The van der Waals surface area contributed by atoms with Crippen molar-refractivity contribution in [2.45, 2.75) is 0 Å². The first-order valence-corrected chi connectivity index (χ1v) is 5.72. The molecular weight excluding hydrogens is 256 g/mol. The first kappa shape index (κ1) is 13.3. The van der Waals surface area contributed by atoms with Gasteiger partial charge in [0.1, 0.15) is 5.75 Å². The molecule has 0 saturated heterocycles. The standard InChI is InChI=1S/C15H10N2O3/c16-9-10-1-3-12(4-2-10)15(19)20-13-7-5-11(6-8-13)14(17)18/h1-8H,(H2,17,18). The minimum Gasteiger partial charge on any atom is -0.423 e. The quantitative estimate of drug-likeness (QED) is 0.678. The molecule has 0 spiro atoms. The number of ether oxygens (including phenoxy) is 1. The van der Waals surface area contributed by atoms with Crippen molar-refractivity contribution in [3.63, 3.8) is 0 Å². The number of carbonyl (C=O) groups is 2. The van der Waals surface area contributed by atoms with Crippen molar-refractivity contribution in [3.05, 3.63) is 65.2 Å². The van der Waals surface area contributed by atoms with Crippen molar-refractivity contribution >= 4 is 11.9 Å². The molecule has 0 saturated carbocycles. The van der Waals surface area contributed by atoms with Crippen LogP contribution in [0.15, 0.2) is 48.5 Å². The molecule has 0 heterocycles. The van der Waals surface area contributed by atoms with Crippen LogP contribution < -0.4 is 10.5 Å². The topological polar surface area (TPSA) is 93.2 Å². The number of nitriles is 1. The maximum Gasteiger partial charge on any atom is 0.343 e. The van der Waals surface area contributed by atoms with Crippen LogP contribution in [0.1, 0.15) is 26.3 Å². The van der Waals surface area contributed by atoms with E-state index in [1.54, 1.807) is 0 Å². The van der Waals surface area contributed by atoms with Gasteiger partial charge in [-0.1, -0.05) is 0 Å². The average Bonchev–Trinajstić information content (AvgIpc) is 2.48. The van der Waals surface area contributed by atoms with E-state index in [1.807, 2.05) is 6.07 Å². The zero-order chi connectivity index (χ0) is 14.5. The Balaban J connectivity index is 2.10. The largest absolute Gasteiger partial charge is 0.423 e. The molecule has 0 unspecified atom stereocenters. The van der Waals surface area contributed by atoms with Crippen molar-refractivity contribution < 1.29 is 14.3 Å². The number of benzene rings is 2. The number of amides is 1. The fraction of sp³-hybridized carbons (Fsp3) is 0. The van der Waals surface area contributed by atoms with Gasteiger partial charge in [-0.05, 0) is 48.5 Å². The molecule has 5 heteroatoms. The van der Waals surface area contributed by atoms with Crippen molar-refractivity contribution in [3.8, 4) is 11.8 Å². The van der Waals surface area contributed by atoms with Crippen LogP contribution in [-0.2, 0) is 0 Å². The molecule has 2 aromatic rings. The highest BCUT2D eigenvalue weighted by Crippen LogP contribution is 2.14. The van der Waals surface area contributed by atoms with Crippen LogP contribution in [0.5, 0.6) is 5.75 Å². The molecule has 2 aromatic carbocycles. The number of primary amides is 1. The van der Waals surface area contributed by atoms with E-state index < -0.39 is 11.9 Å². The number of rotatable bonds is 3. The van der Waals surface area contributed by atoms with E-state index in [1.165, 1.54) is 48.5 Å². The van der Waals surface area contributed by atoms with Crippen LogP contribution in [0.2, 0.25) is 0 Å². The maximum absolute atomic E-state index is 11.8. The number of nitrogens with two attached hydrogens (primary N) is 1. The highest BCUT2D eigenvalue weighted by molar-refractivity contribution is 5.93. The molecule has 2 N–H and O–H groups in total. The van der Waals surface area contributed by atoms with Gasteiger partial charge in [0, 0.05) is 5.56 Å². The second kappa shape index (κ2) is 5.67. The number of nitrogens with zero attached hydrogens (tertiary/aromatic N) is 1. The SMILES string of the molecule is N#Cc1ccc(C(=O)Oc2ccc(C(N)=O)cc2)cc1. The lowest BCUT2D eigenvalue weighted by atomic mass is 10.1. The fourth-order valence-electron chi connectivity index (χ4n) is 1.53. The van der Waals surface area contributed by atoms with Crippen LogP contribution in [0, 0.1) is 11.3 Å². The first-order valence-electron chi connectivity index (χ1n) is 5.72. The van der Waals surface area contributed by atoms with Gasteiger partial charge in [-0.3, -0.25) is 4.79 Å². The Morgan fingerprint density at radius 1 is 0.950 bits per heavy atom. The van der Waals surface area contributed by atoms with Crippen molar-refractivity contribution in [2.75, 3.05) is 0 Å². The monoisotopic (exact) mass is 266 g/mol. The predicted molar refractivity (Wildman–Crippen MR) is 71.1 cm³/mol. The van der Waals surface area contributed by atoms with E-state index in [4.69, 9.17) is 15.7 Å². The molecule has 0 fully saturated rings. The summed E-state index contributed by atoms with van der Waals surface area (Å²) >= 11 is 0. The normalized spacial score (nSPS) is 9.55. The molecule has 1 amide bonds. The van der Waals surface area contributed by atoms with E-state index in [0.29, 0.717) is 22.4 Å². The molecule has 5 nitrogen and oxygen atoms in total. The molecule has 0 aliphatic heterocycles. The molecule has 0 aliphatic rings. The Kier molecular flexibility index (Phi) is 3.77. The van der Waals surface area contributed by atoms with E-state index >= 15 is 0 Å². The summed E-state index contributed by atoms with van der Waals surface area (Å²) in [6, 6.07) is 14.0. The molecular formula is C15H10N2O3. The Labute approximate surface area is 115 Å². The van der Waals surface area contributed by atoms with Crippen molar-refractivity contribution in [2.24, 2.45) is 5.73 Å². The van der Waals surface area contributed by atoms with Gasteiger partial charge in [0.05, 0.1) is 17.2 Å². The van der Waals surface area contributed by atoms with E-state index in [0.717, 1.165) is 0 Å². The zero-order valence-corrected chi connectivity index (χ0v) is 10.4. The van der Waals surface area contributed by atoms with Gasteiger partial charge in [0.25, 0.3) is 0 Å². The Morgan fingerprint density at radius 3 is 2.00 bits per heavy atom. The van der Waals surface area contributed by atoms with Gasteiger partial charge in [0.15, 0.2) is 0 Å². The molecule has 20 heavy (non-hydrogen) atoms. The van der Waals surface area contributed by atoms with Gasteiger partial charge in [0.2, 0.25) is 5.91 Å². The summed E-state index contributed by atoms with van der Waals surface area (Å²) in [6.45, 7) is 0. The molecule has 0 bridgehead atoms. The van der Waals surface area contributed by atoms with Crippen molar-refractivity contribution in [1.29, 1.82) is 5.26 Å². The summed E-state index contributed by atoms with van der Waals surface area (Å²) in [4.78, 5) is 22.7. The van der Waals surface area contributed by atoms with Crippen LogP contribution in [0.4, 0.5) is 0 Å². The summed E-state index contributed by atoms with van der Waals surface area (Å²) in [5.74, 6) is -0.777. The Hall–Kier alpha value is -3.13. The third-order valence-corrected chi connectivity index (χ3v) is 2.60. The number of carbonyl (C=O) groups excluding carboxylic acids is 2. The highest BCUT2D eigenvalue weighted by Gasteiger charge is 2.09. The lowest BCUT2D eigenvalue weighted by Crippen LogP contribution is -2.11. The van der Waals surface area contributed by atoms with Crippen molar-refractivity contribution in [1.82, 2.24) is 0 Å². The van der Waals surface area contributed by atoms with Gasteiger partial charge >= 0.3 is 5.97 Å². The van der Waals surface area contributed by atoms with Gasteiger partial charge in [-0.15, -0.1) is 0 Å². The second-order valence-corrected chi connectivity index (χ2v) is 3.97. The molecule has 0 aliphatic carbocycles. The lowest BCUT2D eigenvalue weighted by Gasteiger charge is -2.04. The predicted octanol–water partition coefficient (Wildman–Crippen LogP) is 1.88. The smallest absolute Gasteiger partial charge is 0.343 e. The van der Waals surface area contributed by atoms with Crippen LogP contribution >= 0.6 is 0 Å². The summed E-state index contributed by atoms with van der Waals surface area (Å²) in [5, 5.41) is 8.67. The summed E-state index contributed by atoms with van der Waals surface area (Å²) in [7, 11) is 0. The third-order valence-electron chi connectivity index (χ3n) is 2.60. The molecule has 0 aromatic heterocycles. The first-order chi connectivity index (χ1) is 9.60. The highest BCUT2D eigenvalue weighted by atomic mass is 16.5. The van der Waals surface area contributed by atoms with Gasteiger partial charge < -0.3 is 10.5 Å². The Bertz CT molecular complexity index is 683. The van der Waals surface area contributed by atoms with Crippen LogP contribution in [0.3, 0.4) is 0 Å². The number of hydrogen-bond donors (Lipinski definition) is 1. The van der Waals surface area contributed by atoms with Gasteiger partial charge in [-0.25, -0.2) is 4.79 Å². The molecule has 0 radical (unpaired) electrons. The molecule has 0 atom stereocenters. The summed E-state index contributed by atoms with van der Waals surface area (Å²) < 4.78 is 5.13.